The van der Waals surface area contributed by atoms with Crippen molar-refractivity contribution < 1.29 is 13.2 Å². The molecule has 1 aliphatic heterocycles. The van der Waals surface area contributed by atoms with Gasteiger partial charge in [-0.25, -0.2) is 8.42 Å². The molecule has 0 bridgehead atoms. The van der Waals surface area contributed by atoms with Gasteiger partial charge in [0, 0.05) is 43.7 Å². The predicted molar refractivity (Wildman–Crippen MR) is 119 cm³/mol. The quantitative estimate of drug-likeness (QED) is 0.615. The molecule has 6 nitrogen and oxygen atoms in total. The Morgan fingerprint density at radius 1 is 1.03 bits per heavy atom. The van der Waals surface area contributed by atoms with E-state index in [1.807, 2.05) is 35.2 Å². The minimum Gasteiger partial charge on any atom is -0.336 e. The lowest BCUT2D eigenvalue weighted by molar-refractivity contribution is -0.137. The van der Waals surface area contributed by atoms with Gasteiger partial charge in [0.2, 0.25) is 15.9 Å². The van der Waals surface area contributed by atoms with E-state index >= 15 is 0 Å². The molecular weight excluding hydrogens is 386 g/mol. The highest BCUT2D eigenvalue weighted by Gasteiger charge is 2.29. The second kappa shape index (κ2) is 10.9. The zero-order valence-corrected chi connectivity index (χ0v) is 18.9. The second-order valence-corrected chi connectivity index (χ2v) is 9.57. The van der Waals surface area contributed by atoms with Gasteiger partial charge in [-0.1, -0.05) is 44.2 Å². The molecule has 1 heterocycles. The number of rotatable bonds is 9. The van der Waals surface area contributed by atoms with Crippen LogP contribution in [-0.2, 0) is 14.8 Å². The van der Waals surface area contributed by atoms with Crippen LogP contribution >= 0.6 is 0 Å². The lowest BCUT2D eigenvalue weighted by Crippen LogP contribution is -2.53. The van der Waals surface area contributed by atoms with Crippen LogP contribution in [0.3, 0.4) is 0 Å². The fraction of sp³-hybridized carbons (Fsp3) is 0.591. The van der Waals surface area contributed by atoms with E-state index in [9.17, 15) is 13.2 Å². The van der Waals surface area contributed by atoms with Gasteiger partial charge in [0.15, 0.2) is 0 Å². The van der Waals surface area contributed by atoms with Crippen LogP contribution in [-0.4, -0.2) is 73.2 Å². The molecule has 2 rings (SSSR count). The molecule has 1 aromatic rings. The van der Waals surface area contributed by atoms with Crippen molar-refractivity contribution in [2.45, 2.75) is 52.6 Å². The molecule has 1 aliphatic rings. The van der Waals surface area contributed by atoms with E-state index in [4.69, 9.17) is 0 Å². The average Bonchev–Trinajstić information content (AvgIpc) is 2.73. The van der Waals surface area contributed by atoms with E-state index in [0.717, 1.165) is 18.4 Å². The van der Waals surface area contributed by atoms with Gasteiger partial charge in [-0.3, -0.25) is 9.69 Å². The molecule has 7 heteroatoms. The van der Waals surface area contributed by atoms with Crippen molar-refractivity contribution >= 4 is 22.0 Å². The Kier molecular flexibility index (Phi) is 8.86. The van der Waals surface area contributed by atoms with Gasteiger partial charge in [-0.05, 0) is 38.3 Å². The van der Waals surface area contributed by atoms with Crippen LogP contribution in [0.5, 0.6) is 0 Å². The summed E-state index contributed by atoms with van der Waals surface area (Å²) in [5.41, 5.74) is 0.857. The first-order valence-electron chi connectivity index (χ1n) is 10.5. The van der Waals surface area contributed by atoms with Gasteiger partial charge in [-0.2, -0.15) is 4.31 Å². The van der Waals surface area contributed by atoms with Crippen molar-refractivity contribution in [2.75, 3.05) is 32.7 Å². The van der Waals surface area contributed by atoms with Crippen LogP contribution in [0.1, 0.15) is 46.1 Å². The molecule has 0 N–H and O–H groups in total. The molecule has 1 aromatic carbocycles. The Balaban J connectivity index is 1.92. The molecule has 0 unspecified atom stereocenters. The summed E-state index contributed by atoms with van der Waals surface area (Å²) < 4.78 is 26.7. The molecule has 29 heavy (non-hydrogen) atoms. The van der Waals surface area contributed by atoms with Gasteiger partial charge in [-0.15, -0.1) is 0 Å². The number of amides is 1. The van der Waals surface area contributed by atoms with Crippen LogP contribution in [0.25, 0.3) is 6.08 Å². The fourth-order valence-electron chi connectivity index (χ4n) is 3.55. The Morgan fingerprint density at radius 2 is 1.59 bits per heavy atom. The predicted octanol–water partition coefficient (Wildman–Crippen LogP) is 3.03. The van der Waals surface area contributed by atoms with E-state index < -0.39 is 10.0 Å². The Bertz CT molecular complexity index is 762. The molecule has 0 saturated carbocycles. The maximum atomic E-state index is 12.9. The average molecular weight is 422 g/mol. The van der Waals surface area contributed by atoms with E-state index in [-0.39, 0.29) is 18.0 Å². The van der Waals surface area contributed by atoms with Gasteiger partial charge in [0.25, 0.3) is 0 Å². The molecule has 1 amide bonds. The lowest BCUT2D eigenvalue weighted by atomic mass is 10.1. The topological polar surface area (TPSA) is 60.9 Å². The number of benzene rings is 1. The van der Waals surface area contributed by atoms with Gasteiger partial charge >= 0.3 is 0 Å². The molecule has 1 fully saturated rings. The molecule has 0 radical (unpaired) electrons. The number of carbonyl (C=O) groups excluding carboxylic acids is 1. The normalized spacial score (nSPS) is 18.6. The number of sulfonamides is 1. The number of hydrogen-bond donors (Lipinski definition) is 0. The third-order valence-electron chi connectivity index (χ3n) is 5.70. The summed E-state index contributed by atoms with van der Waals surface area (Å²) in [4.78, 5) is 16.9. The van der Waals surface area contributed by atoms with E-state index in [0.29, 0.717) is 32.7 Å². The maximum absolute atomic E-state index is 12.9. The van der Waals surface area contributed by atoms with Crippen LogP contribution < -0.4 is 0 Å². The summed E-state index contributed by atoms with van der Waals surface area (Å²) in [5.74, 6) is 0.133. The molecule has 1 saturated heterocycles. The SMILES string of the molecule is CC[C@@H](C)N(C(=O)CN1CCN(S(=O)(=O)/C=C/c2ccccc2)CC1)[C@H](C)CC. The highest BCUT2D eigenvalue weighted by atomic mass is 32.2. The standard InChI is InChI=1S/C22H35N3O3S/c1-5-19(3)25(20(4)6-2)22(26)18-23-13-15-24(16-14-23)29(27,28)17-12-21-10-8-7-9-11-21/h7-12,17,19-20H,5-6,13-16,18H2,1-4H3/b17-12+/t19-,20-/m1/s1. The van der Waals surface area contributed by atoms with Crippen molar-refractivity contribution in [2.24, 2.45) is 0 Å². The highest BCUT2D eigenvalue weighted by molar-refractivity contribution is 7.92. The Labute approximate surface area is 176 Å². The van der Waals surface area contributed by atoms with Gasteiger partial charge in [0.05, 0.1) is 6.54 Å². The first-order chi connectivity index (χ1) is 13.8. The van der Waals surface area contributed by atoms with Crippen LogP contribution in [0.2, 0.25) is 0 Å². The summed E-state index contributed by atoms with van der Waals surface area (Å²) >= 11 is 0. The van der Waals surface area contributed by atoms with E-state index in [1.54, 1.807) is 6.08 Å². The third kappa shape index (κ3) is 6.66. The lowest BCUT2D eigenvalue weighted by Gasteiger charge is -2.38. The highest BCUT2D eigenvalue weighted by Crippen LogP contribution is 2.15. The number of piperazine rings is 1. The zero-order chi connectivity index (χ0) is 21.4. The molecule has 0 aromatic heterocycles. The summed E-state index contributed by atoms with van der Waals surface area (Å²) in [7, 11) is -3.45. The molecule has 0 spiro atoms. The molecule has 0 aliphatic carbocycles. The zero-order valence-electron chi connectivity index (χ0n) is 18.1. The number of nitrogens with zero attached hydrogens (tertiary/aromatic N) is 3. The summed E-state index contributed by atoms with van der Waals surface area (Å²) in [6, 6.07) is 9.82. The molecule has 162 valence electrons. The van der Waals surface area contributed by atoms with Crippen molar-refractivity contribution in [1.82, 2.24) is 14.1 Å². The smallest absolute Gasteiger partial charge is 0.237 e. The molecule has 2 atom stereocenters. The maximum Gasteiger partial charge on any atom is 0.237 e. The Hall–Kier alpha value is -1.70. The van der Waals surface area contributed by atoms with E-state index in [1.165, 1.54) is 9.71 Å². The fourth-order valence-corrected chi connectivity index (χ4v) is 4.72. The minimum absolute atomic E-state index is 0.133. The minimum atomic E-state index is -3.45. The molecular formula is C22H35N3O3S. The van der Waals surface area contributed by atoms with Crippen molar-refractivity contribution in [3.63, 3.8) is 0 Å². The monoisotopic (exact) mass is 421 g/mol. The van der Waals surface area contributed by atoms with Crippen molar-refractivity contribution in [1.29, 1.82) is 0 Å². The van der Waals surface area contributed by atoms with E-state index in [2.05, 4.69) is 32.6 Å². The summed E-state index contributed by atoms with van der Waals surface area (Å²) in [6.45, 7) is 10.7. The van der Waals surface area contributed by atoms with Crippen molar-refractivity contribution in [3.8, 4) is 0 Å². The van der Waals surface area contributed by atoms with Crippen molar-refractivity contribution in [3.05, 3.63) is 41.3 Å². The first-order valence-corrected chi connectivity index (χ1v) is 12.1. The van der Waals surface area contributed by atoms with Crippen LogP contribution in [0.4, 0.5) is 0 Å². The van der Waals surface area contributed by atoms with Crippen LogP contribution in [0.15, 0.2) is 35.7 Å². The Morgan fingerprint density at radius 3 is 2.10 bits per heavy atom. The summed E-state index contributed by atoms with van der Waals surface area (Å²) in [6.07, 6.45) is 3.48. The number of hydrogen-bond acceptors (Lipinski definition) is 4. The first kappa shape index (κ1) is 23.6. The summed E-state index contributed by atoms with van der Waals surface area (Å²) in [5, 5.41) is 1.27. The van der Waals surface area contributed by atoms with Gasteiger partial charge in [0.1, 0.15) is 0 Å². The number of carbonyl (C=O) groups is 1. The van der Waals surface area contributed by atoms with Gasteiger partial charge < -0.3 is 4.90 Å². The second-order valence-electron chi connectivity index (χ2n) is 7.75. The third-order valence-corrected chi connectivity index (χ3v) is 7.27. The van der Waals surface area contributed by atoms with Crippen LogP contribution in [0, 0.1) is 0 Å². The largest absolute Gasteiger partial charge is 0.336 e.